The summed E-state index contributed by atoms with van der Waals surface area (Å²) in [7, 11) is -2.51. The van der Waals surface area contributed by atoms with Crippen molar-refractivity contribution in [1.29, 1.82) is 0 Å². The molecule has 0 spiro atoms. The smallest absolute Gasteiger partial charge is 0.244 e. The van der Waals surface area contributed by atoms with Crippen molar-refractivity contribution in [1.82, 2.24) is 10.2 Å². The monoisotopic (exact) mass is 603 g/mol. The average molecular weight is 604 g/mol. The van der Waals surface area contributed by atoms with Crippen LogP contribution in [0.3, 0.4) is 0 Å². The van der Waals surface area contributed by atoms with Crippen LogP contribution in [0.1, 0.15) is 30.9 Å². The van der Waals surface area contributed by atoms with Crippen molar-refractivity contribution in [2.24, 2.45) is 0 Å². The van der Waals surface area contributed by atoms with Gasteiger partial charge < -0.3 is 15.0 Å². The van der Waals surface area contributed by atoms with Crippen LogP contribution in [-0.4, -0.2) is 57.6 Å². The minimum absolute atomic E-state index is 0.0429. The number of halogens is 2. The molecule has 0 fully saturated rings. The van der Waals surface area contributed by atoms with E-state index in [2.05, 4.69) is 5.32 Å². The zero-order valence-corrected chi connectivity index (χ0v) is 24.9. The maximum Gasteiger partial charge on any atom is 0.244 e. The summed E-state index contributed by atoms with van der Waals surface area (Å²) in [6.07, 6.45) is 2.81. The predicted octanol–water partition coefficient (Wildman–Crippen LogP) is 4.81. The molecule has 1 atom stereocenters. The number of anilines is 1. The van der Waals surface area contributed by atoms with E-state index in [1.165, 1.54) is 54.5 Å². The number of amides is 2. The first kappa shape index (κ1) is 31.9. The van der Waals surface area contributed by atoms with Crippen LogP contribution in [0.5, 0.6) is 5.75 Å². The second kappa shape index (κ2) is 14.8. The summed E-state index contributed by atoms with van der Waals surface area (Å²) in [4.78, 5) is 28.9. The van der Waals surface area contributed by atoms with Crippen LogP contribution in [-0.2, 0) is 32.6 Å². The van der Waals surface area contributed by atoms with E-state index in [9.17, 15) is 22.4 Å². The van der Waals surface area contributed by atoms with E-state index in [1.54, 1.807) is 0 Å². The number of methoxy groups -OCH3 is 1. The molecule has 0 radical (unpaired) electrons. The van der Waals surface area contributed by atoms with Gasteiger partial charge >= 0.3 is 0 Å². The zero-order valence-electron chi connectivity index (χ0n) is 23.3. The zero-order chi connectivity index (χ0) is 30.0. The van der Waals surface area contributed by atoms with Crippen molar-refractivity contribution < 1.29 is 27.1 Å². The number of hydrogen-bond acceptors (Lipinski definition) is 5. The lowest BCUT2D eigenvalue weighted by molar-refractivity contribution is -0.140. The SMILES string of the molecule is CCCCNC(=O)[C@@H](Cc1ccccc1)N(Cc1ccc(F)cc1)C(=O)CN(c1ccc(OC)c(Cl)c1)S(C)(=O)=O. The van der Waals surface area contributed by atoms with Gasteiger partial charge in [-0.15, -0.1) is 0 Å². The first-order valence-electron chi connectivity index (χ1n) is 13.2. The first-order valence-corrected chi connectivity index (χ1v) is 15.4. The first-order chi connectivity index (χ1) is 19.5. The van der Waals surface area contributed by atoms with Crippen LogP contribution < -0.4 is 14.4 Å². The number of benzene rings is 3. The van der Waals surface area contributed by atoms with Crippen LogP contribution in [0.25, 0.3) is 0 Å². The number of nitrogens with one attached hydrogen (secondary N) is 1. The summed E-state index contributed by atoms with van der Waals surface area (Å²) in [5, 5.41) is 3.09. The summed E-state index contributed by atoms with van der Waals surface area (Å²) in [6.45, 7) is 1.80. The van der Waals surface area contributed by atoms with Gasteiger partial charge in [0.25, 0.3) is 0 Å². The minimum Gasteiger partial charge on any atom is -0.495 e. The summed E-state index contributed by atoms with van der Waals surface area (Å²) in [5.74, 6) is -1.07. The third-order valence-corrected chi connectivity index (χ3v) is 7.91. The van der Waals surface area contributed by atoms with Crippen LogP contribution in [0.2, 0.25) is 5.02 Å². The van der Waals surface area contributed by atoms with Gasteiger partial charge in [0.05, 0.1) is 24.1 Å². The number of carbonyl (C=O) groups excluding carboxylic acids is 2. The Labute approximate surface area is 246 Å². The molecule has 3 aromatic carbocycles. The number of nitrogens with zero attached hydrogens (tertiary/aromatic N) is 2. The molecule has 41 heavy (non-hydrogen) atoms. The highest BCUT2D eigenvalue weighted by molar-refractivity contribution is 7.92. The van der Waals surface area contributed by atoms with Gasteiger partial charge in [0, 0.05) is 19.5 Å². The van der Waals surface area contributed by atoms with Crippen LogP contribution in [0.15, 0.2) is 72.8 Å². The Morgan fingerprint density at radius 3 is 2.29 bits per heavy atom. The molecule has 3 rings (SSSR count). The highest BCUT2D eigenvalue weighted by atomic mass is 35.5. The fraction of sp³-hybridized carbons (Fsp3) is 0.333. The van der Waals surface area contributed by atoms with Gasteiger partial charge in [-0.2, -0.15) is 0 Å². The molecule has 0 unspecified atom stereocenters. The quantitative estimate of drug-likeness (QED) is 0.267. The van der Waals surface area contributed by atoms with Crippen molar-refractivity contribution in [2.45, 2.75) is 38.8 Å². The molecule has 220 valence electrons. The van der Waals surface area contributed by atoms with Gasteiger partial charge in [-0.05, 0) is 47.9 Å². The minimum atomic E-state index is -3.95. The van der Waals surface area contributed by atoms with E-state index in [0.717, 1.165) is 29.0 Å². The molecule has 0 bridgehead atoms. The predicted molar refractivity (Wildman–Crippen MR) is 159 cm³/mol. The van der Waals surface area contributed by atoms with Crippen molar-refractivity contribution in [3.63, 3.8) is 0 Å². The van der Waals surface area contributed by atoms with Crippen LogP contribution in [0, 0.1) is 5.82 Å². The van der Waals surface area contributed by atoms with Gasteiger partial charge in [-0.25, -0.2) is 12.8 Å². The number of sulfonamides is 1. The Hall–Kier alpha value is -3.63. The lowest BCUT2D eigenvalue weighted by atomic mass is 10.0. The van der Waals surface area contributed by atoms with E-state index in [0.29, 0.717) is 17.9 Å². The fourth-order valence-corrected chi connectivity index (χ4v) is 5.36. The van der Waals surface area contributed by atoms with E-state index >= 15 is 0 Å². The molecular formula is C30H35ClFN3O5S. The van der Waals surface area contributed by atoms with E-state index in [-0.39, 0.29) is 29.6 Å². The van der Waals surface area contributed by atoms with Gasteiger partial charge in [0.1, 0.15) is 24.2 Å². The van der Waals surface area contributed by atoms with Gasteiger partial charge in [-0.1, -0.05) is 67.4 Å². The normalized spacial score (nSPS) is 11.9. The Bertz CT molecular complexity index is 1420. The molecule has 8 nitrogen and oxygen atoms in total. The second-order valence-corrected chi connectivity index (χ2v) is 11.9. The molecule has 0 saturated carbocycles. The van der Waals surface area contributed by atoms with Crippen molar-refractivity contribution in [3.8, 4) is 5.75 Å². The molecule has 3 aromatic rings. The average Bonchev–Trinajstić information content (AvgIpc) is 2.94. The summed E-state index contributed by atoms with van der Waals surface area (Å²) in [5.41, 5.74) is 1.57. The molecule has 0 heterocycles. The largest absolute Gasteiger partial charge is 0.495 e. The molecule has 0 aliphatic rings. The number of ether oxygens (including phenoxy) is 1. The molecular weight excluding hydrogens is 569 g/mol. The highest BCUT2D eigenvalue weighted by Gasteiger charge is 2.33. The molecule has 0 saturated heterocycles. The Kier molecular flexibility index (Phi) is 11.5. The summed E-state index contributed by atoms with van der Waals surface area (Å²) >= 11 is 6.26. The highest BCUT2D eigenvalue weighted by Crippen LogP contribution is 2.30. The van der Waals surface area contributed by atoms with E-state index < -0.39 is 34.3 Å². The van der Waals surface area contributed by atoms with Crippen LogP contribution >= 0.6 is 11.6 Å². The summed E-state index contributed by atoms with van der Waals surface area (Å²) < 4.78 is 45.5. The molecule has 0 aromatic heterocycles. The Balaban J connectivity index is 2.04. The third kappa shape index (κ3) is 9.19. The Morgan fingerprint density at radius 2 is 1.71 bits per heavy atom. The molecule has 2 amide bonds. The van der Waals surface area contributed by atoms with Crippen molar-refractivity contribution in [3.05, 3.63) is 94.8 Å². The number of carbonyl (C=O) groups is 2. The molecule has 0 aliphatic carbocycles. The lowest BCUT2D eigenvalue weighted by Gasteiger charge is -2.33. The maximum absolute atomic E-state index is 14.0. The summed E-state index contributed by atoms with van der Waals surface area (Å²) in [6, 6.07) is 18.3. The number of unbranched alkanes of at least 4 members (excludes halogenated alkanes) is 1. The number of hydrogen-bond donors (Lipinski definition) is 1. The van der Waals surface area contributed by atoms with E-state index in [4.69, 9.17) is 16.3 Å². The molecule has 11 heteroatoms. The lowest BCUT2D eigenvalue weighted by Crippen LogP contribution is -2.53. The topological polar surface area (TPSA) is 96.0 Å². The maximum atomic E-state index is 14.0. The number of rotatable bonds is 14. The fourth-order valence-electron chi connectivity index (χ4n) is 4.27. The van der Waals surface area contributed by atoms with Crippen LogP contribution in [0.4, 0.5) is 10.1 Å². The van der Waals surface area contributed by atoms with E-state index in [1.807, 2.05) is 37.3 Å². The van der Waals surface area contributed by atoms with Gasteiger partial charge in [-0.3, -0.25) is 13.9 Å². The van der Waals surface area contributed by atoms with Crippen molar-refractivity contribution >= 4 is 39.1 Å². The van der Waals surface area contributed by atoms with Crippen molar-refractivity contribution in [2.75, 3.05) is 30.8 Å². The van der Waals surface area contributed by atoms with Gasteiger partial charge in [0.15, 0.2) is 0 Å². The van der Waals surface area contributed by atoms with Gasteiger partial charge in [0.2, 0.25) is 21.8 Å². The Morgan fingerprint density at radius 1 is 1.02 bits per heavy atom. The molecule has 1 N–H and O–H groups in total. The second-order valence-electron chi connectivity index (χ2n) is 9.59. The standard InChI is InChI=1S/C30H35ClFN3O5S/c1-4-5-17-33-30(37)27(18-22-9-7-6-8-10-22)34(20-23-11-13-24(32)14-12-23)29(36)21-35(41(3,38)39)25-15-16-28(40-2)26(31)19-25/h6-16,19,27H,4-5,17-18,20-21H2,1-3H3,(H,33,37)/t27-/m1/s1. The molecule has 0 aliphatic heterocycles. The third-order valence-electron chi connectivity index (χ3n) is 6.47.